The molecule has 2 aliphatic heterocycles. The molecule has 2 atom stereocenters. The van der Waals surface area contributed by atoms with E-state index in [1.807, 2.05) is 0 Å². The Morgan fingerprint density at radius 1 is 1.11 bits per heavy atom. The normalized spacial score (nSPS) is 17.9. The first-order chi connectivity index (χ1) is 21.0. The highest BCUT2D eigenvalue weighted by Crippen LogP contribution is 2.32. The van der Waals surface area contributed by atoms with Gasteiger partial charge in [0.15, 0.2) is 0 Å². The molecule has 1 aromatic carbocycles. The number of piperidine rings is 2. The maximum absolute atomic E-state index is 13.5. The van der Waals surface area contributed by atoms with Crippen molar-refractivity contribution in [3.05, 3.63) is 57.4 Å². The third-order valence-electron chi connectivity index (χ3n) is 8.35. The molecule has 1 unspecified atom stereocenters. The number of nitro groups is 1. The number of benzene rings is 1. The van der Waals surface area contributed by atoms with Gasteiger partial charge in [-0.25, -0.2) is 4.79 Å². The molecule has 2 aromatic rings. The van der Waals surface area contributed by atoms with Crippen molar-refractivity contribution in [3.8, 4) is 11.1 Å². The van der Waals surface area contributed by atoms with Gasteiger partial charge >= 0.3 is 12.1 Å². The molecule has 0 spiro atoms. The summed E-state index contributed by atoms with van der Waals surface area (Å²) in [7, 11) is 1.25. The van der Waals surface area contributed by atoms with Crippen LogP contribution in [-0.4, -0.2) is 82.0 Å². The number of aromatic nitrogens is 1. The van der Waals surface area contributed by atoms with Gasteiger partial charge in [0, 0.05) is 56.6 Å². The lowest BCUT2D eigenvalue weighted by molar-refractivity contribution is -0.384. The standard InChI is InChI=1S/C30H36ClN5O8/c1-44-28(38)15-25(23-13-22(16-32-17-23)20-5-6-24(31)26(14-20)36(42)43)33-29(39)21-3-2-10-35(18-21)27(37)7-4-19-8-11-34(12-9-19)30(40)41/h5-6,13-14,16-17,19,21,25H,2-4,7-12,15,18H2,1H3,(H,33,39)(H,40,41)/t21-,25?/m1/s1. The van der Waals surface area contributed by atoms with E-state index in [1.54, 1.807) is 17.0 Å². The lowest BCUT2D eigenvalue weighted by Gasteiger charge is -2.34. The second-order valence-corrected chi connectivity index (χ2v) is 11.6. The predicted molar refractivity (Wildman–Crippen MR) is 160 cm³/mol. The number of hydrogen-bond acceptors (Lipinski definition) is 8. The molecule has 13 nitrogen and oxygen atoms in total. The van der Waals surface area contributed by atoms with Crippen molar-refractivity contribution in [2.45, 2.75) is 51.0 Å². The Kier molecular flexibility index (Phi) is 11.1. The number of pyridine rings is 1. The first-order valence-corrected chi connectivity index (χ1v) is 15.0. The number of carbonyl (C=O) groups excluding carboxylic acids is 3. The van der Waals surface area contributed by atoms with Crippen molar-refractivity contribution in [2.24, 2.45) is 11.8 Å². The van der Waals surface area contributed by atoms with Crippen molar-refractivity contribution in [1.29, 1.82) is 0 Å². The topological polar surface area (TPSA) is 172 Å². The van der Waals surface area contributed by atoms with Gasteiger partial charge in [-0.2, -0.15) is 0 Å². The van der Waals surface area contributed by atoms with Crippen LogP contribution in [0.1, 0.15) is 56.6 Å². The molecule has 2 fully saturated rings. The van der Waals surface area contributed by atoms with Gasteiger partial charge in [0.05, 0.1) is 30.4 Å². The molecule has 2 aliphatic rings. The summed E-state index contributed by atoms with van der Waals surface area (Å²) >= 11 is 5.96. The first-order valence-electron chi connectivity index (χ1n) is 14.6. The average molecular weight is 630 g/mol. The lowest BCUT2D eigenvalue weighted by Crippen LogP contribution is -2.46. The number of hydrogen-bond donors (Lipinski definition) is 2. The SMILES string of the molecule is COC(=O)CC(NC(=O)[C@@H]1CCCN(C(=O)CCC2CCN(C(=O)O)CC2)C1)c1cncc(-c2ccc(Cl)c([N+](=O)[O-])c2)c1. The summed E-state index contributed by atoms with van der Waals surface area (Å²) in [5.41, 5.74) is 1.28. The molecule has 236 valence electrons. The number of carboxylic acid groups (broad SMARTS) is 1. The van der Waals surface area contributed by atoms with Gasteiger partial charge in [-0.15, -0.1) is 0 Å². The van der Waals surface area contributed by atoms with E-state index in [4.69, 9.17) is 21.4 Å². The Labute approximate surface area is 259 Å². The van der Waals surface area contributed by atoms with Gasteiger partial charge in [-0.3, -0.25) is 29.5 Å². The van der Waals surface area contributed by atoms with E-state index in [2.05, 4.69) is 10.3 Å². The van der Waals surface area contributed by atoms with Gasteiger partial charge < -0.3 is 25.0 Å². The Balaban J connectivity index is 1.41. The summed E-state index contributed by atoms with van der Waals surface area (Å²) in [6.07, 6.45) is 5.70. The first kappa shape index (κ1) is 32.6. The molecule has 44 heavy (non-hydrogen) atoms. The highest BCUT2D eigenvalue weighted by atomic mass is 35.5. The summed E-state index contributed by atoms with van der Waals surface area (Å²) in [4.78, 5) is 68.1. The van der Waals surface area contributed by atoms with Crippen LogP contribution in [0.4, 0.5) is 10.5 Å². The minimum absolute atomic E-state index is 0.000214. The summed E-state index contributed by atoms with van der Waals surface area (Å²) in [5.74, 6) is -1.05. The Morgan fingerprint density at radius 2 is 1.86 bits per heavy atom. The summed E-state index contributed by atoms with van der Waals surface area (Å²) in [6, 6.07) is 5.30. The number of nitro benzene ring substituents is 1. The van der Waals surface area contributed by atoms with Crippen LogP contribution in [0.15, 0.2) is 36.7 Å². The van der Waals surface area contributed by atoms with Crippen molar-refractivity contribution in [1.82, 2.24) is 20.1 Å². The van der Waals surface area contributed by atoms with Gasteiger partial charge in [0.1, 0.15) is 5.02 Å². The quantitative estimate of drug-likeness (QED) is 0.219. The molecule has 1 aromatic heterocycles. The zero-order chi connectivity index (χ0) is 31.8. The predicted octanol–water partition coefficient (Wildman–Crippen LogP) is 4.44. The number of methoxy groups -OCH3 is 1. The highest BCUT2D eigenvalue weighted by Gasteiger charge is 2.31. The molecule has 3 heterocycles. The van der Waals surface area contributed by atoms with Crippen molar-refractivity contribution in [3.63, 3.8) is 0 Å². The fourth-order valence-corrected chi connectivity index (χ4v) is 5.93. The van der Waals surface area contributed by atoms with E-state index in [9.17, 15) is 29.3 Å². The lowest BCUT2D eigenvalue weighted by atomic mass is 9.91. The molecule has 0 saturated carbocycles. The zero-order valence-electron chi connectivity index (χ0n) is 24.4. The minimum atomic E-state index is -0.914. The number of ether oxygens (including phenoxy) is 1. The van der Waals surface area contributed by atoms with E-state index in [0.717, 1.165) is 12.8 Å². The van der Waals surface area contributed by atoms with Crippen LogP contribution in [0.2, 0.25) is 5.02 Å². The number of carbonyl (C=O) groups is 4. The molecular weight excluding hydrogens is 594 g/mol. The van der Waals surface area contributed by atoms with Crippen molar-refractivity contribution in [2.75, 3.05) is 33.3 Å². The monoisotopic (exact) mass is 629 g/mol. The van der Waals surface area contributed by atoms with Crippen molar-refractivity contribution >= 4 is 41.2 Å². The number of amides is 3. The van der Waals surface area contributed by atoms with Crippen LogP contribution >= 0.6 is 11.6 Å². The fourth-order valence-electron chi connectivity index (χ4n) is 5.75. The molecule has 14 heteroatoms. The summed E-state index contributed by atoms with van der Waals surface area (Å²) < 4.78 is 4.86. The summed E-state index contributed by atoms with van der Waals surface area (Å²) in [5, 5.41) is 23.4. The molecule has 0 bridgehead atoms. The largest absolute Gasteiger partial charge is 0.469 e. The molecule has 2 N–H and O–H groups in total. The zero-order valence-corrected chi connectivity index (χ0v) is 25.2. The van der Waals surface area contributed by atoms with Gasteiger partial charge in [0.25, 0.3) is 5.69 Å². The number of rotatable bonds is 10. The number of esters is 1. The van der Waals surface area contributed by atoms with Crippen LogP contribution < -0.4 is 5.32 Å². The molecule has 3 amide bonds. The van der Waals surface area contributed by atoms with Gasteiger partial charge in [-0.05, 0) is 61.3 Å². The second kappa shape index (κ2) is 15.0. The number of nitrogens with one attached hydrogen (secondary N) is 1. The average Bonchev–Trinajstić information content (AvgIpc) is 3.03. The van der Waals surface area contributed by atoms with E-state index < -0.39 is 28.9 Å². The van der Waals surface area contributed by atoms with E-state index in [1.165, 1.54) is 36.5 Å². The van der Waals surface area contributed by atoms with Crippen LogP contribution in [0, 0.1) is 22.0 Å². The van der Waals surface area contributed by atoms with Crippen LogP contribution in [0.25, 0.3) is 11.1 Å². The van der Waals surface area contributed by atoms with Crippen molar-refractivity contribution < 1.29 is 33.9 Å². The fraction of sp³-hybridized carbons (Fsp3) is 0.500. The number of nitrogens with zero attached hydrogens (tertiary/aromatic N) is 4. The van der Waals surface area contributed by atoms with Gasteiger partial charge in [0.2, 0.25) is 11.8 Å². The van der Waals surface area contributed by atoms with Crippen LogP contribution in [0.3, 0.4) is 0 Å². The molecule has 0 aliphatic carbocycles. The molecule has 0 radical (unpaired) electrons. The van der Waals surface area contributed by atoms with Gasteiger partial charge in [-0.1, -0.05) is 17.7 Å². The molecule has 2 saturated heterocycles. The minimum Gasteiger partial charge on any atom is -0.469 e. The Morgan fingerprint density at radius 3 is 2.55 bits per heavy atom. The Bertz CT molecular complexity index is 1400. The Hall–Kier alpha value is -4.26. The third kappa shape index (κ3) is 8.43. The summed E-state index contributed by atoms with van der Waals surface area (Å²) in [6.45, 7) is 1.78. The second-order valence-electron chi connectivity index (χ2n) is 11.2. The van der Waals surface area contributed by atoms with E-state index in [-0.39, 0.29) is 35.5 Å². The highest BCUT2D eigenvalue weighted by molar-refractivity contribution is 6.32. The van der Waals surface area contributed by atoms with E-state index in [0.29, 0.717) is 67.9 Å². The van der Waals surface area contributed by atoms with Crippen LogP contribution in [-0.2, 0) is 19.1 Å². The third-order valence-corrected chi connectivity index (χ3v) is 8.67. The number of halogens is 1. The maximum atomic E-state index is 13.5. The molecule has 4 rings (SSSR count). The number of likely N-dealkylation sites (tertiary alicyclic amines) is 2. The maximum Gasteiger partial charge on any atom is 0.407 e. The van der Waals surface area contributed by atoms with Crippen LogP contribution in [0.5, 0.6) is 0 Å². The smallest absolute Gasteiger partial charge is 0.407 e. The van der Waals surface area contributed by atoms with E-state index >= 15 is 0 Å². The molecular formula is C30H36ClN5O8.